The number of halogens is 4. The maximum absolute atomic E-state index is 12.5. The van der Waals surface area contributed by atoms with Crippen molar-refractivity contribution in [3.63, 3.8) is 0 Å². The van der Waals surface area contributed by atoms with Crippen molar-refractivity contribution in [1.82, 2.24) is 0 Å². The lowest BCUT2D eigenvalue weighted by atomic mass is 10.0. The summed E-state index contributed by atoms with van der Waals surface area (Å²) in [7, 11) is -5.72. The van der Waals surface area contributed by atoms with Gasteiger partial charge in [0.1, 0.15) is 5.75 Å². The summed E-state index contributed by atoms with van der Waals surface area (Å²) in [4.78, 5) is 16.2. The van der Waals surface area contributed by atoms with Gasteiger partial charge in [-0.05, 0) is 66.7 Å². The highest BCUT2D eigenvalue weighted by Gasteiger charge is 2.48. The molecule has 0 aliphatic heterocycles. The first-order valence-corrected chi connectivity index (χ1v) is 15.9. The van der Waals surface area contributed by atoms with Crippen molar-refractivity contribution in [3.8, 4) is 5.75 Å². The summed E-state index contributed by atoms with van der Waals surface area (Å²) in [6.45, 7) is 0. The highest BCUT2D eigenvalue weighted by atomic mass is 35.5. The Morgan fingerprint density at radius 2 is 1.12 bits per heavy atom. The number of carbonyl (C=O) groups excluding carboxylic acids is 1. The van der Waals surface area contributed by atoms with Gasteiger partial charge in [0.15, 0.2) is 5.78 Å². The van der Waals surface area contributed by atoms with E-state index < -0.39 is 21.4 Å². The lowest BCUT2D eigenvalue weighted by Gasteiger charge is -2.10. The van der Waals surface area contributed by atoms with Gasteiger partial charge in [-0.2, -0.15) is 21.6 Å². The smallest absolute Gasteiger partial charge is 0.376 e. The second-order valence-electron chi connectivity index (χ2n) is 8.63. The van der Waals surface area contributed by atoms with Gasteiger partial charge in [-0.25, -0.2) is 0 Å². The van der Waals surface area contributed by atoms with Crippen LogP contribution in [0.15, 0.2) is 153 Å². The Bertz CT molecular complexity index is 1710. The third-order valence-corrected chi connectivity index (χ3v) is 9.00. The molecule has 0 atom stereocenters. The van der Waals surface area contributed by atoms with Crippen LogP contribution in [0.4, 0.5) is 13.2 Å². The summed E-state index contributed by atoms with van der Waals surface area (Å²) in [5.41, 5.74) is -4.57. The van der Waals surface area contributed by atoms with Crippen LogP contribution in [-0.2, 0) is 10.1 Å². The SMILES string of the molecule is O=C(c1ccccc1)c1ccc(Sc2ccc(OS(=O)(=O)C(F)(F)F)cc2)c(Cl)c1.c1ccc(Sc2ccccc2)cc1. The molecular weight excluding hydrogens is 637 g/mol. The highest BCUT2D eigenvalue weighted by Crippen LogP contribution is 2.35. The molecule has 0 aromatic heterocycles. The van der Waals surface area contributed by atoms with Gasteiger partial charge >= 0.3 is 15.6 Å². The second-order valence-corrected chi connectivity index (χ2v) is 12.8. The number of ketones is 1. The average molecular weight is 659 g/mol. The van der Waals surface area contributed by atoms with Crippen LogP contribution in [0.2, 0.25) is 5.02 Å². The van der Waals surface area contributed by atoms with E-state index in [2.05, 4.69) is 52.7 Å². The van der Waals surface area contributed by atoms with Gasteiger partial charge in [-0.15, -0.1) is 0 Å². The van der Waals surface area contributed by atoms with Crippen molar-refractivity contribution >= 4 is 51.0 Å². The monoisotopic (exact) mass is 658 g/mol. The van der Waals surface area contributed by atoms with E-state index in [1.165, 1.54) is 39.8 Å². The Kier molecular flexibility index (Phi) is 11.0. The normalized spacial score (nSPS) is 11.3. The fraction of sp³-hybridized carbons (Fsp3) is 0.0312. The van der Waals surface area contributed by atoms with E-state index in [-0.39, 0.29) is 5.78 Å². The predicted molar refractivity (Wildman–Crippen MR) is 165 cm³/mol. The third kappa shape index (κ3) is 9.39. The Morgan fingerprint density at radius 1 is 0.628 bits per heavy atom. The first-order valence-electron chi connectivity index (χ1n) is 12.5. The maximum atomic E-state index is 12.5. The molecule has 220 valence electrons. The first kappa shape index (κ1) is 32.2. The minimum atomic E-state index is -5.72. The molecule has 5 aromatic rings. The second kappa shape index (κ2) is 14.7. The van der Waals surface area contributed by atoms with Crippen LogP contribution in [0.3, 0.4) is 0 Å². The van der Waals surface area contributed by atoms with Crippen LogP contribution in [0.1, 0.15) is 15.9 Å². The van der Waals surface area contributed by atoms with E-state index in [0.29, 0.717) is 25.9 Å². The van der Waals surface area contributed by atoms with E-state index in [0.717, 1.165) is 12.1 Å². The molecule has 5 aromatic carbocycles. The fourth-order valence-corrected chi connectivity index (χ4v) is 5.89. The zero-order chi connectivity index (χ0) is 30.9. The van der Waals surface area contributed by atoms with Gasteiger partial charge in [0.25, 0.3) is 0 Å². The van der Waals surface area contributed by atoms with Gasteiger partial charge in [0, 0.05) is 30.7 Å². The summed E-state index contributed by atoms with van der Waals surface area (Å²) in [5.74, 6) is -0.645. The topological polar surface area (TPSA) is 60.4 Å². The summed E-state index contributed by atoms with van der Waals surface area (Å²) < 4.78 is 63.2. The molecule has 0 aliphatic carbocycles. The zero-order valence-corrected chi connectivity index (χ0v) is 25.3. The molecule has 4 nitrogen and oxygen atoms in total. The van der Waals surface area contributed by atoms with Crippen LogP contribution >= 0.6 is 35.1 Å². The Balaban J connectivity index is 0.000000269. The molecule has 11 heteroatoms. The predicted octanol–water partition coefficient (Wildman–Crippen LogP) is 9.79. The quantitative estimate of drug-likeness (QED) is 0.0940. The minimum absolute atomic E-state index is 0.179. The van der Waals surface area contributed by atoms with Crippen molar-refractivity contribution in [2.24, 2.45) is 0 Å². The van der Waals surface area contributed by atoms with E-state index in [1.807, 2.05) is 12.1 Å². The number of hydrogen-bond donors (Lipinski definition) is 0. The zero-order valence-electron chi connectivity index (χ0n) is 22.1. The molecule has 0 spiro atoms. The van der Waals surface area contributed by atoms with Crippen LogP contribution < -0.4 is 4.18 Å². The molecule has 0 saturated carbocycles. The highest BCUT2D eigenvalue weighted by molar-refractivity contribution is 7.99. The Morgan fingerprint density at radius 3 is 1.60 bits per heavy atom. The molecule has 0 unspecified atom stereocenters. The van der Waals surface area contributed by atoms with Crippen LogP contribution in [0.5, 0.6) is 5.75 Å². The van der Waals surface area contributed by atoms with Crippen molar-refractivity contribution in [3.05, 3.63) is 150 Å². The van der Waals surface area contributed by atoms with Crippen LogP contribution in [-0.4, -0.2) is 19.7 Å². The molecule has 0 N–H and O–H groups in total. The number of hydrogen-bond acceptors (Lipinski definition) is 6. The lowest BCUT2D eigenvalue weighted by molar-refractivity contribution is -0.0500. The van der Waals surface area contributed by atoms with Gasteiger partial charge in [0.2, 0.25) is 0 Å². The van der Waals surface area contributed by atoms with Gasteiger partial charge in [0.05, 0.1) is 5.02 Å². The Hall–Kier alpha value is -3.70. The van der Waals surface area contributed by atoms with Crippen molar-refractivity contribution in [1.29, 1.82) is 0 Å². The molecule has 0 fully saturated rings. The van der Waals surface area contributed by atoms with Gasteiger partial charge < -0.3 is 4.18 Å². The number of rotatable bonds is 8. The molecule has 0 amide bonds. The van der Waals surface area contributed by atoms with Gasteiger partial charge in [-0.1, -0.05) is 102 Å². The molecule has 5 rings (SSSR count). The van der Waals surface area contributed by atoms with Crippen molar-refractivity contribution in [2.45, 2.75) is 25.1 Å². The van der Waals surface area contributed by atoms with E-state index in [1.54, 1.807) is 54.2 Å². The van der Waals surface area contributed by atoms with E-state index >= 15 is 0 Å². The lowest BCUT2D eigenvalue weighted by Crippen LogP contribution is -2.27. The van der Waals surface area contributed by atoms with Crippen molar-refractivity contribution in [2.75, 3.05) is 0 Å². The summed E-state index contributed by atoms with van der Waals surface area (Å²) >= 11 is 9.26. The van der Waals surface area contributed by atoms with Gasteiger partial charge in [-0.3, -0.25) is 4.79 Å². The minimum Gasteiger partial charge on any atom is -0.376 e. The molecule has 0 radical (unpaired) electrons. The summed E-state index contributed by atoms with van der Waals surface area (Å²) in [5, 5.41) is 0.321. The molecular formula is C32H22ClF3O4S3. The number of carbonyl (C=O) groups is 1. The largest absolute Gasteiger partial charge is 0.534 e. The molecule has 0 saturated heterocycles. The molecule has 0 heterocycles. The summed E-state index contributed by atoms with van der Waals surface area (Å²) in [6.07, 6.45) is 0. The van der Waals surface area contributed by atoms with Crippen LogP contribution in [0.25, 0.3) is 0 Å². The van der Waals surface area contributed by atoms with E-state index in [9.17, 15) is 26.4 Å². The maximum Gasteiger partial charge on any atom is 0.534 e. The first-order chi connectivity index (χ1) is 20.5. The third-order valence-electron chi connectivity index (χ3n) is 5.49. The van der Waals surface area contributed by atoms with E-state index in [4.69, 9.17) is 11.6 Å². The summed E-state index contributed by atoms with van der Waals surface area (Å²) in [6, 6.07) is 39.3. The Labute approximate surface area is 261 Å². The fourth-order valence-electron chi connectivity index (χ4n) is 3.46. The van der Waals surface area contributed by atoms with Crippen LogP contribution in [0, 0.1) is 0 Å². The average Bonchev–Trinajstić information content (AvgIpc) is 3.00. The van der Waals surface area contributed by atoms with Crippen molar-refractivity contribution < 1.29 is 30.6 Å². The number of benzene rings is 5. The molecule has 0 aliphatic rings. The standard InChI is InChI=1S/C20H12ClF3O4S2.C12H10S/c21-17-12-14(19(25)13-4-2-1-3-5-13)6-11-18(17)29-16-9-7-15(8-10-16)28-30(26,27)20(22,23)24;1-3-7-11(8-4-1)13-12-9-5-2-6-10-12/h1-12H;1-10H. The molecule has 43 heavy (non-hydrogen) atoms. The molecule has 0 bridgehead atoms. The number of alkyl halides is 3.